The van der Waals surface area contributed by atoms with E-state index in [0.29, 0.717) is 12.8 Å². The van der Waals surface area contributed by atoms with Crippen LogP contribution < -0.4 is 0 Å². The molecule has 0 aliphatic heterocycles. The van der Waals surface area contributed by atoms with E-state index in [4.69, 9.17) is 0 Å². The lowest BCUT2D eigenvalue weighted by Gasteiger charge is -2.26. The Morgan fingerprint density at radius 3 is 2.37 bits per heavy atom. The summed E-state index contributed by atoms with van der Waals surface area (Å²) in [6.45, 7) is 6.15. The van der Waals surface area contributed by atoms with Gasteiger partial charge in [0.25, 0.3) is 0 Å². The van der Waals surface area contributed by atoms with Crippen molar-refractivity contribution < 1.29 is 5.11 Å². The molecule has 0 saturated carbocycles. The molecule has 0 aliphatic carbocycles. The van der Waals surface area contributed by atoms with E-state index >= 15 is 0 Å². The number of aromatic nitrogens is 1. The quantitative estimate of drug-likeness (QED) is 0.903. The molecule has 0 aliphatic rings. The van der Waals surface area contributed by atoms with Crippen molar-refractivity contribution in [3.63, 3.8) is 0 Å². The van der Waals surface area contributed by atoms with E-state index in [1.165, 1.54) is 10.4 Å². The van der Waals surface area contributed by atoms with Gasteiger partial charge in [0.2, 0.25) is 0 Å². The van der Waals surface area contributed by atoms with Gasteiger partial charge in [0.05, 0.1) is 16.3 Å². The Labute approximate surface area is 119 Å². The van der Waals surface area contributed by atoms with E-state index in [2.05, 4.69) is 24.0 Å². The van der Waals surface area contributed by atoms with Crippen molar-refractivity contribution in [1.29, 1.82) is 0 Å². The van der Waals surface area contributed by atoms with Gasteiger partial charge in [-0.25, -0.2) is 4.98 Å². The maximum absolute atomic E-state index is 10.8. The number of benzene rings is 1. The van der Waals surface area contributed by atoms with Crippen molar-refractivity contribution in [2.45, 2.75) is 45.6 Å². The predicted octanol–water partition coefficient (Wildman–Crippen LogP) is 3.69. The van der Waals surface area contributed by atoms with E-state index in [9.17, 15) is 5.11 Å². The standard InChI is InChI=1S/C16H21NOS/c1-4-16(18,10-14-8-6-5-7-9-14)11-15-17-12(2)13(3)19-15/h5-9,18H,4,10-11H2,1-3H3. The average Bonchev–Trinajstić information content (AvgIpc) is 2.69. The molecule has 0 bridgehead atoms. The molecular weight excluding hydrogens is 254 g/mol. The molecule has 1 aromatic carbocycles. The SMILES string of the molecule is CCC(O)(Cc1ccccc1)Cc1nc(C)c(C)s1. The van der Waals surface area contributed by atoms with Crippen molar-refractivity contribution in [3.05, 3.63) is 51.5 Å². The smallest absolute Gasteiger partial charge is 0.0959 e. The van der Waals surface area contributed by atoms with Crippen LogP contribution >= 0.6 is 11.3 Å². The van der Waals surface area contributed by atoms with Crippen LogP contribution in [0.5, 0.6) is 0 Å². The summed E-state index contributed by atoms with van der Waals surface area (Å²) in [5.74, 6) is 0. The minimum absolute atomic E-state index is 0.637. The normalized spacial score (nSPS) is 14.3. The topological polar surface area (TPSA) is 33.1 Å². The van der Waals surface area contributed by atoms with Crippen molar-refractivity contribution in [2.75, 3.05) is 0 Å². The second kappa shape index (κ2) is 5.85. The first-order chi connectivity index (χ1) is 9.02. The maximum Gasteiger partial charge on any atom is 0.0959 e. The summed E-state index contributed by atoms with van der Waals surface area (Å²) in [6.07, 6.45) is 2.05. The summed E-state index contributed by atoms with van der Waals surface area (Å²) < 4.78 is 0. The van der Waals surface area contributed by atoms with Gasteiger partial charge in [-0.3, -0.25) is 0 Å². The fourth-order valence-corrected chi connectivity index (χ4v) is 3.25. The molecule has 3 heteroatoms. The van der Waals surface area contributed by atoms with Gasteiger partial charge in [0, 0.05) is 17.7 Å². The Hall–Kier alpha value is -1.19. The summed E-state index contributed by atoms with van der Waals surface area (Å²) in [7, 11) is 0. The molecule has 1 heterocycles. The molecule has 1 unspecified atom stereocenters. The van der Waals surface area contributed by atoms with Crippen LogP contribution in [0, 0.1) is 13.8 Å². The summed E-state index contributed by atoms with van der Waals surface area (Å²) in [4.78, 5) is 5.79. The third-order valence-corrected chi connectivity index (χ3v) is 4.66. The van der Waals surface area contributed by atoms with Gasteiger partial charge < -0.3 is 5.11 Å². The lowest BCUT2D eigenvalue weighted by molar-refractivity contribution is 0.0368. The van der Waals surface area contributed by atoms with E-state index in [0.717, 1.165) is 17.1 Å². The van der Waals surface area contributed by atoms with E-state index in [1.54, 1.807) is 11.3 Å². The second-order valence-corrected chi connectivity index (χ2v) is 6.45. The van der Waals surface area contributed by atoms with Gasteiger partial charge in [-0.1, -0.05) is 37.3 Å². The monoisotopic (exact) mass is 275 g/mol. The maximum atomic E-state index is 10.8. The third kappa shape index (κ3) is 3.64. The first kappa shape index (κ1) is 14.2. The van der Waals surface area contributed by atoms with Crippen LogP contribution in [0.4, 0.5) is 0 Å². The van der Waals surface area contributed by atoms with Crippen molar-refractivity contribution in [1.82, 2.24) is 4.98 Å². The van der Waals surface area contributed by atoms with Crippen LogP contribution in [0.2, 0.25) is 0 Å². The second-order valence-electron chi connectivity index (χ2n) is 5.17. The minimum atomic E-state index is -0.696. The molecule has 1 N–H and O–H groups in total. The Balaban J connectivity index is 2.13. The van der Waals surface area contributed by atoms with Gasteiger partial charge in [-0.05, 0) is 25.8 Å². The van der Waals surface area contributed by atoms with Crippen LogP contribution in [0.1, 0.15) is 34.5 Å². The van der Waals surface area contributed by atoms with Crippen molar-refractivity contribution in [2.24, 2.45) is 0 Å². The zero-order valence-corrected chi connectivity index (χ0v) is 12.6. The summed E-state index contributed by atoms with van der Waals surface area (Å²) >= 11 is 1.70. The van der Waals surface area contributed by atoms with Crippen LogP contribution in [-0.2, 0) is 12.8 Å². The van der Waals surface area contributed by atoms with Crippen LogP contribution in [0.3, 0.4) is 0 Å². The third-order valence-electron chi connectivity index (χ3n) is 3.59. The van der Waals surface area contributed by atoms with Crippen LogP contribution in [0.25, 0.3) is 0 Å². The van der Waals surface area contributed by atoms with Gasteiger partial charge >= 0.3 is 0 Å². The Morgan fingerprint density at radius 2 is 1.84 bits per heavy atom. The first-order valence-electron chi connectivity index (χ1n) is 6.71. The van der Waals surface area contributed by atoms with E-state index in [1.807, 2.05) is 32.0 Å². The number of aryl methyl sites for hydroxylation is 2. The molecule has 0 radical (unpaired) electrons. The van der Waals surface area contributed by atoms with Crippen molar-refractivity contribution >= 4 is 11.3 Å². The number of hydrogen-bond donors (Lipinski definition) is 1. The predicted molar refractivity (Wildman–Crippen MR) is 80.7 cm³/mol. The number of thiazole rings is 1. The first-order valence-corrected chi connectivity index (χ1v) is 7.53. The molecule has 1 atom stereocenters. The lowest BCUT2D eigenvalue weighted by atomic mass is 9.89. The number of rotatable bonds is 5. The summed E-state index contributed by atoms with van der Waals surface area (Å²) in [6, 6.07) is 10.2. The fraction of sp³-hybridized carbons (Fsp3) is 0.438. The molecule has 19 heavy (non-hydrogen) atoms. The molecule has 102 valence electrons. The van der Waals surface area contributed by atoms with E-state index < -0.39 is 5.60 Å². The highest BCUT2D eigenvalue weighted by Gasteiger charge is 2.27. The number of nitrogens with zero attached hydrogens (tertiary/aromatic N) is 1. The molecule has 1 aromatic heterocycles. The molecule has 0 saturated heterocycles. The minimum Gasteiger partial charge on any atom is -0.389 e. The number of hydrogen-bond acceptors (Lipinski definition) is 3. The van der Waals surface area contributed by atoms with Gasteiger partial charge in [0.15, 0.2) is 0 Å². The van der Waals surface area contributed by atoms with Crippen LogP contribution in [0.15, 0.2) is 30.3 Å². The van der Waals surface area contributed by atoms with Gasteiger partial charge in [0.1, 0.15) is 0 Å². The van der Waals surface area contributed by atoms with Gasteiger partial charge in [-0.15, -0.1) is 11.3 Å². The zero-order valence-electron chi connectivity index (χ0n) is 11.8. The zero-order chi connectivity index (χ0) is 13.9. The fourth-order valence-electron chi connectivity index (χ4n) is 2.18. The Bertz CT molecular complexity index is 515. The average molecular weight is 275 g/mol. The summed E-state index contributed by atoms with van der Waals surface area (Å²) in [5, 5.41) is 11.8. The summed E-state index contributed by atoms with van der Waals surface area (Å²) in [5.41, 5.74) is 1.56. The van der Waals surface area contributed by atoms with E-state index in [-0.39, 0.29) is 0 Å². The molecule has 0 spiro atoms. The molecular formula is C16H21NOS. The largest absolute Gasteiger partial charge is 0.389 e. The Morgan fingerprint density at radius 1 is 1.16 bits per heavy atom. The molecule has 2 nitrogen and oxygen atoms in total. The van der Waals surface area contributed by atoms with Crippen LogP contribution in [-0.4, -0.2) is 15.7 Å². The molecule has 2 aromatic rings. The molecule has 2 rings (SSSR count). The lowest BCUT2D eigenvalue weighted by Crippen LogP contribution is -2.33. The molecule has 0 amide bonds. The van der Waals surface area contributed by atoms with Gasteiger partial charge in [-0.2, -0.15) is 0 Å². The molecule has 0 fully saturated rings. The Kier molecular flexibility index (Phi) is 4.38. The highest BCUT2D eigenvalue weighted by atomic mass is 32.1. The highest BCUT2D eigenvalue weighted by Crippen LogP contribution is 2.26. The highest BCUT2D eigenvalue weighted by molar-refractivity contribution is 7.11. The van der Waals surface area contributed by atoms with Crippen molar-refractivity contribution in [3.8, 4) is 0 Å². The number of aliphatic hydroxyl groups is 1.